The predicted molar refractivity (Wildman–Crippen MR) is 82.9 cm³/mol. The van der Waals surface area contributed by atoms with Crippen molar-refractivity contribution >= 4 is 11.6 Å². The molecule has 0 aliphatic carbocycles. The number of halogens is 2. The second kappa shape index (κ2) is 7.12. The lowest BCUT2D eigenvalue weighted by Gasteiger charge is -2.09. The fourth-order valence-electron chi connectivity index (χ4n) is 1.77. The van der Waals surface area contributed by atoms with E-state index in [1.165, 1.54) is 6.07 Å². The summed E-state index contributed by atoms with van der Waals surface area (Å²) in [7, 11) is 0. The first-order chi connectivity index (χ1) is 10.1. The van der Waals surface area contributed by atoms with Crippen LogP contribution in [0.25, 0.3) is 0 Å². The summed E-state index contributed by atoms with van der Waals surface area (Å²) >= 11 is 6.04. The highest BCUT2D eigenvalue weighted by Gasteiger charge is 2.06. The molecule has 0 aliphatic heterocycles. The molecule has 2 rings (SSSR count). The zero-order valence-corrected chi connectivity index (χ0v) is 12.4. The van der Waals surface area contributed by atoms with E-state index in [2.05, 4.69) is 11.8 Å². The second-order valence-electron chi connectivity index (χ2n) is 4.53. The van der Waals surface area contributed by atoms with Gasteiger partial charge in [-0.1, -0.05) is 35.6 Å². The van der Waals surface area contributed by atoms with Crippen LogP contribution in [0, 0.1) is 24.6 Å². The smallest absolute Gasteiger partial charge is 0.138 e. The molecule has 4 heteroatoms. The first kappa shape index (κ1) is 15.4. The molecule has 0 aliphatic rings. The van der Waals surface area contributed by atoms with Crippen molar-refractivity contribution in [2.24, 2.45) is 5.73 Å². The minimum Gasteiger partial charge on any atom is -0.487 e. The lowest BCUT2D eigenvalue weighted by atomic mass is 10.1. The molecule has 21 heavy (non-hydrogen) atoms. The summed E-state index contributed by atoms with van der Waals surface area (Å²) in [4.78, 5) is 0. The molecule has 2 aromatic carbocycles. The number of aryl methyl sites for hydroxylation is 1. The topological polar surface area (TPSA) is 35.2 Å². The summed E-state index contributed by atoms with van der Waals surface area (Å²) in [5.41, 5.74) is 7.36. The Bertz CT molecular complexity index is 704. The van der Waals surface area contributed by atoms with Crippen LogP contribution < -0.4 is 10.5 Å². The number of nitrogens with two attached hydrogens (primary N) is 1. The largest absolute Gasteiger partial charge is 0.487 e. The molecular weight excluding hydrogens is 289 g/mol. The van der Waals surface area contributed by atoms with Crippen LogP contribution in [0.5, 0.6) is 5.75 Å². The quantitative estimate of drug-likeness (QED) is 0.878. The summed E-state index contributed by atoms with van der Waals surface area (Å²) < 4.78 is 19.5. The summed E-state index contributed by atoms with van der Waals surface area (Å²) in [6, 6.07) is 10.2. The third kappa shape index (κ3) is 4.22. The Morgan fingerprint density at radius 1 is 1.24 bits per heavy atom. The molecule has 0 radical (unpaired) electrons. The van der Waals surface area contributed by atoms with Crippen molar-refractivity contribution in [3.8, 4) is 17.6 Å². The molecule has 0 fully saturated rings. The van der Waals surface area contributed by atoms with E-state index in [1.54, 1.807) is 18.2 Å². The fourth-order valence-corrected chi connectivity index (χ4v) is 1.94. The van der Waals surface area contributed by atoms with Crippen LogP contribution in [0.2, 0.25) is 5.02 Å². The molecule has 2 nitrogen and oxygen atoms in total. The van der Waals surface area contributed by atoms with E-state index in [-0.39, 0.29) is 19.0 Å². The maximum atomic E-state index is 13.9. The summed E-state index contributed by atoms with van der Waals surface area (Å²) in [6.45, 7) is 2.30. The van der Waals surface area contributed by atoms with Gasteiger partial charge in [-0.05, 0) is 36.8 Å². The minimum atomic E-state index is -0.359. The zero-order chi connectivity index (χ0) is 15.2. The fraction of sp³-hybridized carbons (Fsp3) is 0.176. The van der Waals surface area contributed by atoms with E-state index in [0.717, 1.165) is 5.56 Å². The molecule has 0 heterocycles. The summed E-state index contributed by atoms with van der Waals surface area (Å²) in [5, 5.41) is 0.506. The maximum absolute atomic E-state index is 13.9. The van der Waals surface area contributed by atoms with E-state index >= 15 is 0 Å². The number of rotatable bonds is 3. The molecule has 2 aromatic rings. The lowest BCUT2D eigenvalue weighted by molar-refractivity contribution is 0.300. The van der Waals surface area contributed by atoms with Gasteiger partial charge in [-0.15, -0.1) is 0 Å². The number of hydrogen-bond donors (Lipinski definition) is 1. The van der Waals surface area contributed by atoms with Gasteiger partial charge in [-0.2, -0.15) is 0 Å². The van der Waals surface area contributed by atoms with Crippen molar-refractivity contribution in [2.45, 2.75) is 13.5 Å². The van der Waals surface area contributed by atoms with E-state index in [0.29, 0.717) is 21.9 Å². The van der Waals surface area contributed by atoms with Crippen molar-refractivity contribution < 1.29 is 9.13 Å². The Morgan fingerprint density at radius 2 is 2.05 bits per heavy atom. The first-order valence-corrected chi connectivity index (χ1v) is 6.84. The van der Waals surface area contributed by atoms with Crippen molar-refractivity contribution in [3.05, 3.63) is 63.9 Å². The van der Waals surface area contributed by atoms with Crippen LogP contribution in [0.3, 0.4) is 0 Å². The molecule has 0 aromatic heterocycles. The van der Waals surface area contributed by atoms with Gasteiger partial charge in [0, 0.05) is 11.1 Å². The highest BCUT2D eigenvalue weighted by atomic mass is 35.5. The van der Waals surface area contributed by atoms with E-state index in [1.807, 2.05) is 19.1 Å². The maximum Gasteiger partial charge on any atom is 0.138 e. The van der Waals surface area contributed by atoms with Crippen molar-refractivity contribution in [2.75, 3.05) is 6.54 Å². The molecule has 0 unspecified atom stereocenters. The summed E-state index contributed by atoms with van der Waals surface area (Å²) in [5.74, 6) is 5.66. The van der Waals surface area contributed by atoms with Crippen LogP contribution in [0.4, 0.5) is 4.39 Å². The third-order valence-corrected chi connectivity index (χ3v) is 3.17. The zero-order valence-electron chi connectivity index (χ0n) is 11.6. The standard InChI is InChI=1S/C17H15ClFNO/c1-12-4-7-15(18)17(9-12)21-11-14-6-5-13(3-2-8-20)10-16(14)19/h4-7,9-10H,8,11,20H2,1H3. The highest BCUT2D eigenvalue weighted by Crippen LogP contribution is 2.26. The van der Waals surface area contributed by atoms with Gasteiger partial charge in [0.15, 0.2) is 0 Å². The van der Waals surface area contributed by atoms with Gasteiger partial charge in [-0.25, -0.2) is 4.39 Å². The third-order valence-electron chi connectivity index (χ3n) is 2.86. The second-order valence-corrected chi connectivity index (χ2v) is 4.94. The van der Waals surface area contributed by atoms with Crippen molar-refractivity contribution in [3.63, 3.8) is 0 Å². The SMILES string of the molecule is Cc1ccc(Cl)c(OCc2ccc(C#CCN)cc2F)c1. The molecule has 0 saturated heterocycles. The van der Waals surface area contributed by atoms with Gasteiger partial charge >= 0.3 is 0 Å². The van der Waals surface area contributed by atoms with Gasteiger partial charge in [0.1, 0.15) is 18.2 Å². The molecule has 0 amide bonds. The average Bonchev–Trinajstić information content (AvgIpc) is 2.47. The van der Waals surface area contributed by atoms with Crippen molar-refractivity contribution in [1.29, 1.82) is 0 Å². The Labute approximate surface area is 128 Å². The molecule has 0 spiro atoms. The molecule has 2 N–H and O–H groups in total. The van der Waals surface area contributed by atoms with Crippen LogP contribution in [-0.2, 0) is 6.61 Å². The van der Waals surface area contributed by atoms with Crippen LogP contribution in [0.1, 0.15) is 16.7 Å². The van der Waals surface area contributed by atoms with Crippen molar-refractivity contribution in [1.82, 2.24) is 0 Å². The summed E-state index contributed by atoms with van der Waals surface area (Å²) in [6.07, 6.45) is 0. The van der Waals surface area contributed by atoms with Gasteiger partial charge in [0.2, 0.25) is 0 Å². The van der Waals surface area contributed by atoms with Gasteiger partial charge < -0.3 is 10.5 Å². The van der Waals surface area contributed by atoms with Crippen LogP contribution in [0.15, 0.2) is 36.4 Å². The lowest BCUT2D eigenvalue weighted by Crippen LogP contribution is -2.00. The highest BCUT2D eigenvalue weighted by molar-refractivity contribution is 6.32. The molecule has 0 atom stereocenters. The van der Waals surface area contributed by atoms with Gasteiger partial charge in [0.25, 0.3) is 0 Å². The Kier molecular flexibility index (Phi) is 5.21. The average molecular weight is 304 g/mol. The molecular formula is C17H15ClFNO. The number of ether oxygens (including phenoxy) is 1. The van der Waals surface area contributed by atoms with E-state index in [4.69, 9.17) is 22.1 Å². The monoisotopic (exact) mass is 303 g/mol. The Balaban J connectivity index is 2.11. The van der Waals surface area contributed by atoms with E-state index in [9.17, 15) is 4.39 Å². The molecule has 108 valence electrons. The van der Waals surface area contributed by atoms with Gasteiger partial charge in [-0.3, -0.25) is 0 Å². The minimum absolute atomic E-state index is 0.111. The predicted octanol–water partition coefficient (Wildman–Crippen LogP) is 3.68. The molecule has 0 saturated carbocycles. The van der Waals surface area contributed by atoms with Crippen LogP contribution >= 0.6 is 11.6 Å². The van der Waals surface area contributed by atoms with E-state index < -0.39 is 0 Å². The first-order valence-electron chi connectivity index (χ1n) is 6.46. The Morgan fingerprint density at radius 3 is 2.76 bits per heavy atom. The van der Waals surface area contributed by atoms with Crippen LogP contribution in [-0.4, -0.2) is 6.54 Å². The number of benzene rings is 2. The van der Waals surface area contributed by atoms with Gasteiger partial charge in [0.05, 0.1) is 11.6 Å². The Hall–Kier alpha value is -2.02. The number of hydrogen-bond acceptors (Lipinski definition) is 2. The normalized spacial score (nSPS) is 9.90. The molecule has 0 bridgehead atoms.